The maximum atomic E-state index is 10.9. The van der Waals surface area contributed by atoms with Gasteiger partial charge in [-0.2, -0.15) is 0 Å². The number of hydrogen-bond acceptors (Lipinski definition) is 5. The molecule has 0 unspecified atom stereocenters. The molecule has 7 heteroatoms. The number of para-hydroxylation sites is 1. The number of ether oxygens (including phenoxy) is 2. The molecule has 1 aliphatic heterocycles. The lowest BCUT2D eigenvalue weighted by Gasteiger charge is -2.32. The Balaban J connectivity index is 1.81. The third-order valence-corrected chi connectivity index (χ3v) is 6.38. The summed E-state index contributed by atoms with van der Waals surface area (Å²) in [5.41, 5.74) is 3.67. The van der Waals surface area contributed by atoms with Crippen LogP contribution in [0.3, 0.4) is 0 Å². The molecule has 0 saturated carbocycles. The van der Waals surface area contributed by atoms with E-state index in [2.05, 4.69) is 49.3 Å². The van der Waals surface area contributed by atoms with Crippen molar-refractivity contribution < 1.29 is 14.6 Å². The number of nitrogens with zero attached hydrogens (tertiary/aromatic N) is 1. The van der Waals surface area contributed by atoms with E-state index in [9.17, 15) is 5.11 Å². The van der Waals surface area contributed by atoms with E-state index in [1.807, 2.05) is 49.4 Å². The van der Waals surface area contributed by atoms with Gasteiger partial charge in [0, 0.05) is 38.2 Å². The molecular weight excluding hydrogens is 536 g/mol. The molecule has 5 nitrogen and oxygen atoms in total. The number of phenolic OH excluding ortho intramolecular Hbond substituents is 1. The minimum absolute atomic E-state index is 0.155. The van der Waals surface area contributed by atoms with Crippen molar-refractivity contribution in [2.24, 2.45) is 4.99 Å². The molecule has 1 aliphatic rings. The number of rotatable bonds is 6. The molecule has 3 aromatic carbocycles. The van der Waals surface area contributed by atoms with Gasteiger partial charge in [-0.05, 0) is 48.9 Å². The predicted octanol–water partition coefficient (Wildman–Crippen LogP) is 6.55. The maximum absolute atomic E-state index is 10.9. The van der Waals surface area contributed by atoms with Crippen molar-refractivity contribution in [3.8, 4) is 17.2 Å². The van der Waals surface area contributed by atoms with E-state index in [0.29, 0.717) is 18.8 Å². The van der Waals surface area contributed by atoms with Crippen LogP contribution >= 0.6 is 31.9 Å². The Morgan fingerprint density at radius 1 is 1.00 bits per heavy atom. The molecule has 166 valence electrons. The molecule has 0 spiro atoms. The molecule has 2 atom stereocenters. The summed E-state index contributed by atoms with van der Waals surface area (Å²) in [5, 5.41) is 14.5. The molecule has 0 amide bonds. The highest BCUT2D eigenvalue weighted by molar-refractivity contribution is 9.10. The van der Waals surface area contributed by atoms with E-state index in [4.69, 9.17) is 14.5 Å². The molecule has 4 rings (SSSR count). The van der Waals surface area contributed by atoms with Gasteiger partial charge in [-0.1, -0.05) is 56.1 Å². The van der Waals surface area contributed by atoms with Crippen LogP contribution in [0.5, 0.6) is 17.2 Å². The first kappa shape index (κ1) is 22.8. The zero-order chi connectivity index (χ0) is 22.7. The quantitative estimate of drug-likeness (QED) is 0.359. The Hall–Kier alpha value is -2.35. The zero-order valence-corrected chi connectivity index (χ0v) is 21.0. The molecule has 0 radical (unpaired) electrons. The van der Waals surface area contributed by atoms with E-state index in [1.165, 1.54) is 0 Å². The average molecular weight is 560 g/mol. The fourth-order valence-corrected chi connectivity index (χ4v) is 4.70. The van der Waals surface area contributed by atoms with E-state index in [0.717, 1.165) is 37.1 Å². The highest BCUT2D eigenvalue weighted by atomic mass is 79.9. The molecule has 0 bridgehead atoms. The topological polar surface area (TPSA) is 63.1 Å². The van der Waals surface area contributed by atoms with Gasteiger partial charge in [0.05, 0.1) is 13.7 Å². The molecule has 0 saturated heterocycles. The highest BCUT2D eigenvalue weighted by Crippen LogP contribution is 2.40. The van der Waals surface area contributed by atoms with E-state index < -0.39 is 0 Å². The summed E-state index contributed by atoms with van der Waals surface area (Å²) in [6, 6.07) is 19.4. The van der Waals surface area contributed by atoms with Gasteiger partial charge in [0.2, 0.25) is 0 Å². The normalized spacial score (nSPS) is 18.2. The van der Waals surface area contributed by atoms with Crippen molar-refractivity contribution in [1.82, 2.24) is 5.32 Å². The number of halogens is 2. The molecule has 0 aromatic heterocycles. The molecule has 0 aliphatic carbocycles. The number of hydrogen-bond donors (Lipinski definition) is 2. The number of methoxy groups -OCH3 is 1. The van der Waals surface area contributed by atoms with Gasteiger partial charge < -0.3 is 14.6 Å². The van der Waals surface area contributed by atoms with Crippen molar-refractivity contribution >= 4 is 37.6 Å². The van der Waals surface area contributed by atoms with Crippen LogP contribution in [0.25, 0.3) is 0 Å². The van der Waals surface area contributed by atoms with Crippen LogP contribution in [0.15, 0.2) is 74.6 Å². The second-order valence-electron chi connectivity index (χ2n) is 7.43. The number of phenols is 1. The number of nitrogens with one attached hydrogen (secondary N) is 1. The Kier molecular flexibility index (Phi) is 7.18. The largest absolute Gasteiger partial charge is 0.504 e. The van der Waals surface area contributed by atoms with Crippen molar-refractivity contribution in [3.05, 3.63) is 86.3 Å². The van der Waals surface area contributed by atoms with Gasteiger partial charge in [0.1, 0.15) is 11.9 Å². The van der Waals surface area contributed by atoms with Gasteiger partial charge in [-0.25, -0.2) is 0 Å². The van der Waals surface area contributed by atoms with E-state index in [1.54, 1.807) is 13.2 Å². The smallest absolute Gasteiger partial charge is 0.162 e. The maximum Gasteiger partial charge on any atom is 0.162 e. The Bertz CT molecular complexity index is 1150. The van der Waals surface area contributed by atoms with Crippen LogP contribution in [-0.4, -0.2) is 24.5 Å². The second kappa shape index (κ2) is 10.1. The monoisotopic (exact) mass is 558 g/mol. The standard InChI is InChI=1S/C25H24Br2N2O3/c1-3-32-23-9-5-8-18(24(23)30)21-14-20(15-6-4-7-16(26)12-15)28-25(29-21)19-13-17(27)10-11-22(19)31-2/h4-13,21,25,29-30H,3,14H2,1-2H3/t21-,25+/m0/s1. The van der Waals surface area contributed by atoms with Gasteiger partial charge in [-0.15, -0.1) is 0 Å². The number of aromatic hydroxyl groups is 1. The lowest BCUT2D eigenvalue weighted by atomic mass is 9.93. The SMILES string of the molecule is CCOc1cccc([C@@H]2CC(c3cccc(Br)c3)=N[C@@H](c3cc(Br)ccc3OC)N2)c1O. The summed E-state index contributed by atoms with van der Waals surface area (Å²) in [4.78, 5) is 5.05. The summed E-state index contributed by atoms with van der Waals surface area (Å²) >= 11 is 7.13. The summed E-state index contributed by atoms with van der Waals surface area (Å²) in [7, 11) is 1.66. The van der Waals surface area contributed by atoms with Crippen molar-refractivity contribution in [2.45, 2.75) is 25.6 Å². The van der Waals surface area contributed by atoms with Crippen LogP contribution in [0, 0.1) is 0 Å². The average Bonchev–Trinajstić information content (AvgIpc) is 2.80. The van der Waals surface area contributed by atoms with Gasteiger partial charge in [0.15, 0.2) is 11.5 Å². The first-order valence-corrected chi connectivity index (χ1v) is 12.0. The van der Waals surface area contributed by atoms with Crippen molar-refractivity contribution in [2.75, 3.05) is 13.7 Å². The second-order valence-corrected chi connectivity index (χ2v) is 9.26. The van der Waals surface area contributed by atoms with Crippen LogP contribution in [0.4, 0.5) is 0 Å². The fraction of sp³-hybridized carbons (Fsp3) is 0.240. The first-order chi connectivity index (χ1) is 15.5. The van der Waals surface area contributed by atoms with E-state index in [-0.39, 0.29) is 18.0 Å². The molecule has 2 N–H and O–H groups in total. The third kappa shape index (κ3) is 4.85. The van der Waals surface area contributed by atoms with Crippen LogP contribution in [-0.2, 0) is 0 Å². The molecule has 32 heavy (non-hydrogen) atoms. The number of benzene rings is 3. The summed E-state index contributed by atoms with van der Waals surface area (Å²) in [5.74, 6) is 1.38. The van der Waals surface area contributed by atoms with Crippen LogP contribution in [0.1, 0.15) is 42.2 Å². The van der Waals surface area contributed by atoms with Crippen molar-refractivity contribution in [1.29, 1.82) is 0 Å². The van der Waals surface area contributed by atoms with Crippen LogP contribution in [0.2, 0.25) is 0 Å². The third-order valence-electron chi connectivity index (χ3n) is 5.39. The van der Waals surface area contributed by atoms with Gasteiger partial charge >= 0.3 is 0 Å². The first-order valence-electron chi connectivity index (χ1n) is 10.4. The van der Waals surface area contributed by atoms with Crippen molar-refractivity contribution in [3.63, 3.8) is 0 Å². The minimum atomic E-state index is -0.356. The molecule has 3 aromatic rings. The molecule has 1 heterocycles. The van der Waals surface area contributed by atoms with Gasteiger partial charge in [0.25, 0.3) is 0 Å². The predicted molar refractivity (Wildman–Crippen MR) is 134 cm³/mol. The molecule has 0 fully saturated rings. The summed E-state index contributed by atoms with van der Waals surface area (Å²) in [6.07, 6.45) is 0.261. The Labute approximate surface area is 204 Å². The zero-order valence-electron chi connectivity index (χ0n) is 17.8. The minimum Gasteiger partial charge on any atom is -0.504 e. The van der Waals surface area contributed by atoms with E-state index >= 15 is 0 Å². The summed E-state index contributed by atoms with van der Waals surface area (Å²) < 4.78 is 13.2. The molecular formula is C25H24Br2N2O3. The van der Waals surface area contributed by atoms with Gasteiger partial charge in [-0.3, -0.25) is 10.3 Å². The van der Waals surface area contributed by atoms with Crippen LogP contribution < -0.4 is 14.8 Å². The summed E-state index contributed by atoms with van der Waals surface area (Å²) in [6.45, 7) is 2.39. The highest BCUT2D eigenvalue weighted by Gasteiger charge is 2.30. The lowest BCUT2D eigenvalue weighted by molar-refractivity contribution is 0.313. The lowest BCUT2D eigenvalue weighted by Crippen LogP contribution is -2.33. The Morgan fingerprint density at radius 3 is 2.53 bits per heavy atom. The Morgan fingerprint density at radius 2 is 1.78 bits per heavy atom. The number of aliphatic imine (C=N–C) groups is 1. The fourth-order valence-electron chi connectivity index (χ4n) is 3.92.